The van der Waals surface area contributed by atoms with Gasteiger partial charge in [0.15, 0.2) is 29.0 Å². The zero-order chi connectivity index (χ0) is 37.7. The number of nitrogens with zero attached hydrogens (tertiary/aromatic N) is 6. The molecule has 0 saturated carbocycles. The molecule has 56 heavy (non-hydrogen) atoms. The van der Waals surface area contributed by atoms with E-state index in [1.807, 2.05) is 84.9 Å². The van der Waals surface area contributed by atoms with Crippen LogP contribution in [0.4, 0.5) is 5.69 Å². The van der Waals surface area contributed by atoms with Gasteiger partial charge in [-0.05, 0) is 34.4 Å². The second-order valence-electron chi connectivity index (χ2n) is 13.2. The van der Waals surface area contributed by atoms with Gasteiger partial charge in [-0.15, -0.1) is 0 Å². The van der Waals surface area contributed by atoms with Gasteiger partial charge in [-0.2, -0.15) is 0 Å². The molecule has 0 bridgehead atoms. The Bertz CT molecular complexity index is 2830. The van der Waals surface area contributed by atoms with Crippen molar-refractivity contribution >= 4 is 5.69 Å². The zero-order valence-corrected chi connectivity index (χ0v) is 30.2. The first kappa shape index (κ1) is 33.9. The molecule has 0 radical (unpaired) electrons. The standard InChI is InChI=1S/C50H32N6/c1-51-44-23-12-11-22-43(44)50-55-47(39-18-9-4-10-19-39)54-48(56-50)40-30-26-36(27-31-40)35-24-28-38(29-25-35)46-33-45(37-16-7-3-8-17-37)52-49(53-46)42-21-13-20-41(32-42)34-14-5-2-6-15-34/h2-33H. The summed E-state index contributed by atoms with van der Waals surface area (Å²) in [7, 11) is 0. The number of hydrogen-bond donors (Lipinski definition) is 0. The van der Waals surface area contributed by atoms with E-state index in [-0.39, 0.29) is 0 Å². The quantitative estimate of drug-likeness (QED) is 0.146. The summed E-state index contributed by atoms with van der Waals surface area (Å²) < 4.78 is 0. The van der Waals surface area contributed by atoms with Crippen molar-refractivity contribution in [2.75, 3.05) is 0 Å². The van der Waals surface area contributed by atoms with E-state index in [0.717, 1.165) is 61.5 Å². The first-order valence-electron chi connectivity index (χ1n) is 18.3. The van der Waals surface area contributed by atoms with E-state index in [1.54, 1.807) is 6.07 Å². The van der Waals surface area contributed by atoms with Crippen LogP contribution in [0.2, 0.25) is 0 Å². The Morgan fingerprint density at radius 2 is 0.679 bits per heavy atom. The Morgan fingerprint density at radius 1 is 0.286 bits per heavy atom. The lowest BCUT2D eigenvalue weighted by Crippen LogP contribution is -2.00. The van der Waals surface area contributed by atoms with Gasteiger partial charge in [0.25, 0.3) is 0 Å². The SMILES string of the molecule is [C-]#[N+]c1ccccc1-c1nc(-c2ccccc2)nc(-c2ccc(-c3ccc(-c4cc(-c5ccccc5)nc(-c5cccc(-c6ccccc6)c5)n4)cc3)cc2)n1. The highest BCUT2D eigenvalue weighted by Crippen LogP contribution is 2.33. The molecule has 2 aromatic heterocycles. The van der Waals surface area contributed by atoms with Crippen LogP contribution < -0.4 is 0 Å². The Labute approximate surface area is 325 Å². The van der Waals surface area contributed by atoms with Crippen LogP contribution in [0.5, 0.6) is 0 Å². The maximum atomic E-state index is 7.71. The van der Waals surface area contributed by atoms with Crippen molar-refractivity contribution in [3.8, 4) is 90.3 Å². The number of aromatic nitrogens is 5. The van der Waals surface area contributed by atoms with Crippen molar-refractivity contribution in [1.82, 2.24) is 24.9 Å². The van der Waals surface area contributed by atoms with E-state index >= 15 is 0 Å². The molecule has 0 fully saturated rings. The van der Waals surface area contributed by atoms with Crippen molar-refractivity contribution in [3.05, 3.63) is 206 Å². The molecule has 0 aliphatic carbocycles. The van der Waals surface area contributed by atoms with Crippen molar-refractivity contribution < 1.29 is 0 Å². The molecular weight excluding hydrogens is 685 g/mol. The molecule has 6 heteroatoms. The van der Waals surface area contributed by atoms with E-state index < -0.39 is 0 Å². The Hall–Kier alpha value is -7.88. The van der Waals surface area contributed by atoms with E-state index in [4.69, 9.17) is 31.5 Å². The molecule has 2 heterocycles. The molecule has 9 rings (SSSR count). The first-order chi connectivity index (χ1) is 27.7. The molecule has 0 atom stereocenters. The Morgan fingerprint density at radius 3 is 1.29 bits per heavy atom. The topological polar surface area (TPSA) is 68.8 Å². The average molecular weight is 717 g/mol. The maximum Gasteiger partial charge on any atom is 0.198 e. The van der Waals surface area contributed by atoms with E-state index in [0.29, 0.717) is 34.5 Å². The fourth-order valence-electron chi connectivity index (χ4n) is 6.70. The second kappa shape index (κ2) is 15.2. The summed E-state index contributed by atoms with van der Waals surface area (Å²) in [6.45, 7) is 7.71. The van der Waals surface area contributed by atoms with Crippen LogP contribution in [0.25, 0.3) is 95.2 Å². The molecule has 0 amide bonds. The lowest BCUT2D eigenvalue weighted by Gasteiger charge is -2.11. The van der Waals surface area contributed by atoms with E-state index in [2.05, 4.69) is 108 Å². The predicted octanol–water partition coefficient (Wildman–Crippen LogP) is 12.5. The van der Waals surface area contributed by atoms with Crippen molar-refractivity contribution in [2.45, 2.75) is 0 Å². The summed E-state index contributed by atoms with van der Waals surface area (Å²) in [6, 6.07) is 65.0. The molecule has 6 nitrogen and oxygen atoms in total. The van der Waals surface area contributed by atoms with Gasteiger partial charge in [0.1, 0.15) is 0 Å². The van der Waals surface area contributed by atoms with Crippen LogP contribution in [0.15, 0.2) is 194 Å². The first-order valence-corrected chi connectivity index (χ1v) is 18.3. The van der Waals surface area contributed by atoms with Crippen LogP contribution in [0.3, 0.4) is 0 Å². The summed E-state index contributed by atoms with van der Waals surface area (Å²) in [5.41, 5.74) is 12.0. The lowest BCUT2D eigenvalue weighted by atomic mass is 10.00. The molecule has 0 saturated heterocycles. The van der Waals surface area contributed by atoms with Gasteiger partial charge in [0.05, 0.1) is 18.0 Å². The minimum atomic E-state index is 0.465. The van der Waals surface area contributed by atoms with Gasteiger partial charge in [0.2, 0.25) is 0 Å². The molecule has 0 aliphatic rings. The summed E-state index contributed by atoms with van der Waals surface area (Å²) in [4.78, 5) is 28.4. The summed E-state index contributed by atoms with van der Waals surface area (Å²) >= 11 is 0. The maximum absolute atomic E-state index is 7.71. The molecule has 9 aromatic rings. The molecule has 7 aromatic carbocycles. The van der Waals surface area contributed by atoms with Gasteiger partial charge in [-0.25, -0.2) is 29.8 Å². The highest BCUT2D eigenvalue weighted by molar-refractivity contribution is 5.78. The third-order valence-corrected chi connectivity index (χ3v) is 9.61. The summed E-state index contributed by atoms with van der Waals surface area (Å²) in [5, 5.41) is 0. The summed E-state index contributed by atoms with van der Waals surface area (Å²) in [5.74, 6) is 2.23. The van der Waals surface area contributed by atoms with Gasteiger partial charge < -0.3 is 0 Å². The van der Waals surface area contributed by atoms with E-state index in [9.17, 15) is 0 Å². The van der Waals surface area contributed by atoms with Crippen molar-refractivity contribution in [1.29, 1.82) is 0 Å². The Kier molecular flexibility index (Phi) is 9.23. The van der Waals surface area contributed by atoms with Crippen LogP contribution in [0, 0.1) is 6.57 Å². The fraction of sp³-hybridized carbons (Fsp3) is 0. The second-order valence-corrected chi connectivity index (χ2v) is 13.2. The number of rotatable bonds is 8. The minimum absolute atomic E-state index is 0.465. The number of benzene rings is 7. The van der Waals surface area contributed by atoms with Crippen LogP contribution in [-0.2, 0) is 0 Å². The molecular formula is C50H32N6. The molecule has 0 aliphatic heterocycles. The monoisotopic (exact) mass is 716 g/mol. The van der Waals surface area contributed by atoms with Crippen LogP contribution in [0.1, 0.15) is 0 Å². The van der Waals surface area contributed by atoms with E-state index in [1.165, 1.54) is 0 Å². The highest BCUT2D eigenvalue weighted by atomic mass is 15.0. The zero-order valence-electron chi connectivity index (χ0n) is 30.2. The highest BCUT2D eigenvalue weighted by Gasteiger charge is 2.16. The van der Waals surface area contributed by atoms with Gasteiger partial charge >= 0.3 is 0 Å². The molecule has 0 spiro atoms. The van der Waals surface area contributed by atoms with Crippen molar-refractivity contribution in [2.24, 2.45) is 0 Å². The van der Waals surface area contributed by atoms with Gasteiger partial charge in [-0.1, -0.05) is 182 Å². The molecule has 262 valence electrons. The fourth-order valence-corrected chi connectivity index (χ4v) is 6.70. The molecule has 0 N–H and O–H groups in total. The Balaban J connectivity index is 1.04. The summed E-state index contributed by atoms with van der Waals surface area (Å²) in [6.07, 6.45) is 0. The minimum Gasteiger partial charge on any atom is -0.237 e. The number of para-hydroxylation sites is 1. The lowest BCUT2D eigenvalue weighted by molar-refractivity contribution is 1.07. The van der Waals surface area contributed by atoms with Gasteiger partial charge in [0, 0.05) is 33.4 Å². The smallest absolute Gasteiger partial charge is 0.198 e. The predicted molar refractivity (Wildman–Crippen MR) is 225 cm³/mol. The van der Waals surface area contributed by atoms with Crippen LogP contribution in [-0.4, -0.2) is 24.9 Å². The van der Waals surface area contributed by atoms with Crippen molar-refractivity contribution in [3.63, 3.8) is 0 Å². The molecule has 0 unspecified atom stereocenters. The van der Waals surface area contributed by atoms with Crippen LogP contribution >= 0.6 is 0 Å². The third-order valence-electron chi connectivity index (χ3n) is 9.61. The average Bonchev–Trinajstić information content (AvgIpc) is 3.29. The third kappa shape index (κ3) is 7.08. The largest absolute Gasteiger partial charge is 0.237 e. The van der Waals surface area contributed by atoms with Gasteiger partial charge in [-0.3, -0.25) is 0 Å². The number of hydrogen-bond acceptors (Lipinski definition) is 5. The normalized spacial score (nSPS) is 10.8.